The quantitative estimate of drug-likeness (QED) is 0.617. The Labute approximate surface area is 189 Å². The lowest BCUT2D eigenvalue weighted by Gasteiger charge is -2.67. The topological polar surface area (TPSA) is 69.3 Å². The fourth-order valence-electron chi connectivity index (χ4n) is 5.51. The van der Waals surface area contributed by atoms with Crippen LogP contribution in [0.15, 0.2) is 24.7 Å². The second-order valence-electron chi connectivity index (χ2n) is 9.23. The first-order chi connectivity index (χ1) is 15.7. The molecule has 2 aromatic rings. The van der Waals surface area contributed by atoms with E-state index in [1.54, 1.807) is 0 Å². The summed E-state index contributed by atoms with van der Waals surface area (Å²) in [6, 6.07) is 0.760. The van der Waals surface area contributed by atoms with Gasteiger partial charge in [-0.3, -0.25) is 0 Å². The molecule has 14 heteroatoms. The molecule has 34 heavy (non-hydrogen) atoms. The summed E-state index contributed by atoms with van der Waals surface area (Å²) in [5.74, 6) is -1.39. The summed E-state index contributed by atoms with van der Waals surface area (Å²) >= 11 is 0. The molecule has 3 fully saturated rings. The molecule has 186 valence electrons. The maximum Gasteiger partial charge on any atom is 0.511 e. The van der Waals surface area contributed by atoms with E-state index in [-0.39, 0.29) is 16.5 Å². The molecule has 1 aromatic heterocycles. The molecule has 0 spiro atoms. The SMILES string of the molecule is O=S(=O)(N1Cc2c(ccc(C(F)(F)F)c2F)N(Cc2cnc[nH]2)[C@H](C23CC(C2)C3)C1)C(F)(F)F. The highest BCUT2D eigenvalue weighted by Gasteiger charge is 2.63. The van der Waals surface area contributed by atoms with E-state index < -0.39 is 63.2 Å². The Hall–Kier alpha value is -2.35. The largest absolute Gasteiger partial charge is 0.511 e. The van der Waals surface area contributed by atoms with Gasteiger partial charge in [0.2, 0.25) is 0 Å². The van der Waals surface area contributed by atoms with Crippen LogP contribution in [0.1, 0.15) is 36.1 Å². The van der Waals surface area contributed by atoms with Gasteiger partial charge in [0.05, 0.1) is 24.1 Å². The Morgan fingerprint density at radius 3 is 2.29 bits per heavy atom. The molecule has 1 N–H and O–H groups in total. The minimum atomic E-state index is -5.94. The number of hydrogen-bond acceptors (Lipinski definition) is 4. The lowest BCUT2D eigenvalue weighted by Crippen LogP contribution is -2.66. The summed E-state index contributed by atoms with van der Waals surface area (Å²) in [5.41, 5.74) is -8.15. The normalized spacial score (nSPS) is 27.6. The number of hydrogen-bond donors (Lipinski definition) is 1. The summed E-state index contributed by atoms with van der Waals surface area (Å²) in [6.45, 7) is -1.81. The van der Waals surface area contributed by atoms with Gasteiger partial charge in [0, 0.05) is 36.6 Å². The lowest BCUT2D eigenvalue weighted by molar-refractivity contribution is -0.140. The van der Waals surface area contributed by atoms with Crippen molar-refractivity contribution in [2.45, 2.75) is 50.1 Å². The van der Waals surface area contributed by atoms with Crippen molar-refractivity contribution in [2.75, 3.05) is 11.4 Å². The number of rotatable bonds is 4. The standard InChI is InChI=1S/C20H19F7N4O2S/c21-17-13-8-30(34(32,33)20(25,26)27)9-16(18-3-11(4-18)5-18)31(7-12-6-28-10-29-12)15(13)2-1-14(17)19(22,23)24/h1-2,6,10-11,16H,3-5,7-9H2,(H,28,29)/t11?,16-,18?/m0/s1. The first kappa shape index (κ1) is 23.4. The predicted molar refractivity (Wildman–Crippen MR) is 105 cm³/mol. The van der Waals surface area contributed by atoms with Gasteiger partial charge in [0.15, 0.2) is 0 Å². The zero-order chi connectivity index (χ0) is 24.7. The van der Waals surface area contributed by atoms with Crippen molar-refractivity contribution in [1.82, 2.24) is 14.3 Å². The van der Waals surface area contributed by atoms with Gasteiger partial charge in [-0.2, -0.15) is 30.6 Å². The molecule has 1 aliphatic heterocycles. The Morgan fingerprint density at radius 2 is 1.79 bits per heavy atom. The van der Waals surface area contributed by atoms with Crippen LogP contribution >= 0.6 is 0 Å². The van der Waals surface area contributed by atoms with Crippen molar-refractivity contribution >= 4 is 15.7 Å². The number of anilines is 1. The molecule has 0 unspecified atom stereocenters. The Morgan fingerprint density at radius 1 is 1.12 bits per heavy atom. The number of alkyl halides is 6. The zero-order valence-corrected chi connectivity index (χ0v) is 18.2. The lowest BCUT2D eigenvalue weighted by atomic mass is 9.41. The first-order valence-corrected chi connectivity index (χ1v) is 11.9. The minimum absolute atomic E-state index is 0.0191. The molecule has 3 saturated carbocycles. The molecule has 0 saturated heterocycles. The average molecular weight is 512 g/mol. The highest BCUT2D eigenvalue weighted by Crippen LogP contribution is 2.67. The van der Waals surface area contributed by atoms with E-state index in [1.807, 2.05) is 0 Å². The van der Waals surface area contributed by atoms with Crippen LogP contribution in [0.4, 0.5) is 36.4 Å². The van der Waals surface area contributed by atoms with Gasteiger partial charge in [0.25, 0.3) is 0 Å². The summed E-state index contributed by atoms with van der Waals surface area (Å²) in [4.78, 5) is 8.26. The third-order valence-corrected chi connectivity index (χ3v) is 8.78. The summed E-state index contributed by atoms with van der Waals surface area (Å²) in [7, 11) is -5.94. The van der Waals surface area contributed by atoms with Gasteiger partial charge >= 0.3 is 21.7 Å². The van der Waals surface area contributed by atoms with E-state index >= 15 is 4.39 Å². The van der Waals surface area contributed by atoms with Crippen molar-refractivity contribution in [3.8, 4) is 0 Å². The van der Waals surface area contributed by atoms with Gasteiger partial charge in [-0.1, -0.05) is 0 Å². The molecular weight excluding hydrogens is 493 g/mol. The van der Waals surface area contributed by atoms with Crippen molar-refractivity contribution in [2.24, 2.45) is 11.3 Å². The van der Waals surface area contributed by atoms with Crippen molar-refractivity contribution in [3.63, 3.8) is 0 Å². The molecule has 0 radical (unpaired) electrons. The second kappa shape index (κ2) is 7.33. The van der Waals surface area contributed by atoms with Crippen LogP contribution in [0.2, 0.25) is 0 Å². The molecule has 2 bridgehead atoms. The van der Waals surface area contributed by atoms with Gasteiger partial charge in [-0.25, -0.2) is 17.8 Å². The fraction of sp³-hybridized carbons (Fsp3) is 0.550. The van der Waals surface area contributed by atoms with Gasteiger partial charge < -0.3 is 9.88 Å². The maximum absolute atomic E-state index is 15.2. The van der Waals surface area contributed by atoms with E-state index in [9.17, 15) is 34.8 Å². The van der Waals surface area contributed by atoms with E-state index in [0.29, 0.717) is 36.9 Å². The van der Waals surface area contributed by atoms with Gasteiger partial charge in [0.1, 0.15) is 5.82 Å². The molecule has 3 aliphatic carbocycles. The first-order valence-electron chi connectivity index (χ1n) is 10.4. The number of fused-ring (bicyclic) bond motifs is 1. The van der Waals surface area contributed by atoms with E-state index in [2.05, 4.69) is 9.97 Å². The van der Waals surface area contributed by atoms with Gasteiger partial charge in [-0.05, 0) is 42.7 Å². The van der Waals surface area contributed by atoms with Gasteiger partial charge in [-0.15, -0.1) is 0 Å². The van der Waals surface area contributed by atoms with Crippen molar-refractivity contribution < 1.29 is 39.2 Å². The fourth-order valence-corrected chi connectivity index (χ4v) is 6.44. The number of nitrogens with one attached hydrogen (secondary N) is 1. The number of nitrogens with zero attached hydrogens (tertiary/aromatic N) is 3. The second-order valence-corrected chi connectivity index (χ2v) is 11.2. The van der Waals surface area contributed by atoms with Crippen LogP contribution in [0, 0.1) is 17.2 Å². The van der Waals surface area contributed by atoms with Crippen molar-refractivity contribution in [3.05, 3.63) is 47.3 Å². The smallest absolute Gasteiger partial charge is 0.360 e. The van der Waals surface area contributed by atoms with Crippen LogP contribution in [0.25, 0.3) is 0 Å². The maximum atomic E-state index is 15.2. The Balaban J connectivity index is 1.70. The average Bonchev–Trinajstić information content (AvgIpc) is 3.09. The zero-order valence-electron chi connectivity index (χ0n) is 17.4. The molecule has 0 amide bonds. The van der Waals surface area contributed by atoms with Crippen LogP contribution in [-0.4, -0.2) is 40.8 Å². The number of aromatic amines is 1. The van der Waals surface area contributed by atoms with E-state index in [1.165, 1.54) is 17.4 Å². The number of H-pyrrole nitrogens is 1. The highest BCUT2D eigenvalue weighted by atomic mass is 32.2. The molecule has 4 aliphatic rings. The van der Waals surface area contributed by atoms with Crippen LogP contribution in [0.5, 0.6) is 0 Å². The Kier molecular flexibility index (Phi) is 5.04. The highest BCUT2D eigenvalue weighted by molar-refractivity contribution is 7.89. The van der Waals surface area contributed by atoms with E-state index in [4.69, 9.17) is 0 Å². The number of imidazole rings is 1. The number of halogens is 7. The molecular formula is C20H19F7N4O2S. The Bertz CT molecular complexity index is 1190. The van der Waals surface area contributed by atoms with Crippen LogP contribution < -0.4 is 4.90 Å². The third-order valence-electron chi connectivity index (χ3n) is 7.24. The molecule has 1 aromatic carbocycles. The van der Waals surface area contributed by atoms with Crippen molar-refractivity contribution in [1.29, 1.82) is 0 Å². The number of sulfonamides is 1. The summed E-state index contributed by atoms with van der Waals surface area (Å²) < 4.78 is 121. The molecule has 1 atom stereocenters. The predicted octanol–water partition coefficient (Wildman–Crippen LogP) is 4.41. The monoisotopic (exact) mass is 512 g/mol. The number of aromatic nitrogens is 2. The summed E-state index contributed by atoms with van der Waals surface area (Å²) in [6.07, 6.45) is -0.326. The number of benzene rings is 1. The van der Waals surface area contributed by atoms with Crippen LogP contribution in [-0.2, 0) is 29.3 Å². The minimum Gasteiger partial charge on any atom is -0.360 e. The summed E-state index contributed by atoms with van der Waals surface area (Å²) in [5, 5.41) is 0. The van der Waals surface area contributed by atoms with E-state index in [0.717, 1.165) is 6.07 Å². The molecule has 2 heterocycles. The van der Waals surface area contributed by atoms with Crippen LogP contribution in [0.3, 0.4) is 0 Å². The molecule has 6 nitrogen and oxygen atoms in total. The third kappa shape index (κ3) is 3.48. The molecule has 6 rings (SSSR count).